The fraction of sp³-hybridized carbons (Fsp3) is 0.353. The number of fused-ring (bicyclic) bond motifs is 1. The zero-order valence-electron chi connectivity index (χ0n) is 16.7. The first-order valence-corrected chi connectivity index (χ1v) is 11.5. The molecule has 33 heavy (non-hydrogen) atoms. The van der Waals surface area contributed by atoms with Crippen LogP contribution in [0.5, 0.6) is 0 Å². The summed E-state index contributed by atoms with van der Waals surface area (Å²) in [7, 11) is -3.86. The number of aryl methyl sites for hydroxylation is 1. The van der Waals surface area contributed by atoms with E-state index in [2.05, 4.69) is 10.1 Å². The molecule has 0 saturated carbocycles. The Bertz CT molecular complexity index is 1410. The highest BCUT2D eigenvalue weighted by Gasteiger charge is 2.35. The molecule has 0 amide bonds. The summed E-state index contributed by atoms with van der Waals surface area (Å²) >= 11 is 0.704. The highest BCUT2D eigenvalue weighted by atomic mass is 32.2. The second kappa shape index (κ2) is 8.03. The molecule has 3 heterocycles. The third-order valence-corrected chi connectivity index (χ3v) is 8.21. The van der Waals surface area contributed by atoms with Crippen molar-refractivity contribution in [1.29, 1.82) is 0 Å². The summed E-state index contributed by atoms with van der Waals surface area (Å²) in [4.78, 5) is 28.2. The second-order valence-corrected chi connectivity index (χ2v) is 9.95. The van der Waals surface area contributed by atoms with E-state index < -0.39 is 43.3 Å². The SMILES string of the molecule is Cc1oncc1S(=O)(=O)N1CCN(c2nc(=O)c3cc(C(F)(F)F)cc([N+](=O)[O-])c3s2)CC1. The Hall–Kier alpha value is -3.11. The standard InChI is InChI=1S/C17H14F3N5O6S2/c1-9-13(8-21-31-9)33(29,30)24-4-2-23(3-5-24)16-22-15(26)11-6-10(17(18,19)20)7-12(25(27)28)14(11)32-16/h6-8H,2-5H2,1H3. The van der Waals surface area contributed by atoms with Crippen molar-refractivity contribution in [3.05, 3.63) is 50.1 Å². The predicted octanol–water partition coefficient (Wildman–Crippen LogP) is 2.39. The van der Waals surface area contributed by atoms with Crippen LogP contribution in [0, 0.1) is 17.0 Å². The van der Waals surface area contributed by atoms with Crippen molar-refractivity contribution in [3.63, 3.8) is 0 Å². The lowest BCUT2D eigenvalue weighted by molar-refractivity contribution is -0.383. The van der Waals surface area contributed by atoms with Gasteiger partial charge in [-0.15, -0.1) is 0 Å². The van der Waals surface area contributed by atoms with Crippen molar-refractivity contribution >= 4 is 42.3 Å². The number of rotatable bonds is 4. The van der Waals surface area contributed by atoms with Crippen molar-refractivity contribution in [2.75, 3.05) is 31.1 Å². The van der Waals surface area contributed by atoms with Crippen LogP contribution in [0.2, 0.25) is 0 Å². The molecule has 3 aromatic rings. The molecule has 0 bridgehead atoms. The molecular weight excluding hydrogens is 491 g/mol. The normalized spacial score (nSPS) is 15.8. The first-order valence-electron chi connectivity index (χ1n) is 9.26. The average Bonchev–Trinajstić information content (AvgIpc) is 3.19. The number of hydrogen-bond acceptors (Lipinski definition) is 10. The van der Waals surface area contributed by atoms with Gasteiger partial charge < -0.3 is 9.42 Å². The summed E-state index contributed by atoms with van der Waals surface area (Å²) in [6, 6.07) is 0.928. The van der Waals surface area contributed by atoms with Gasteiger partial charge in [-0.3, -0.25) is 14.9 Å². The molecule has 11 nitrogen and oxygen atoms in total. The Balaban J connectivity index is 1.66. The molecule has 1 fully saturated rings. The van der Waals surface area contributed by atoms with Gasteiger partial charge in [0.1, 0.15) is 9.60 Å². The average molecular weight is 505 g/mol. The number of nitro groups is 1. The largest absolute Gasteiger partial charge is 0.416 e. The summed E-state index contributed by atoms with van der Waals surface area (Å²) in [5, 5.41) is 14.4. The number of non-ortho nitro benzene ring substituents is 1. The minimum absolute atomic E-state index is 0.0166. The van der Waals surface area contributed by atoms with Gasteiger partial charge in [-0.1, -0.05) is 16.5 Å². The molecule has 4 rings (SSSR count). The topological polar surface area (TPSA) is 140 Å². The highest BCUT2D eigenvalue weighted by molar-refractivity contribution is 7.89. The summed E-state index contributed by atoms with van der Waals surface area (Å²) < 4.78 is 70.6. The van der Waals surface area contributed by atoms with E-state index in [1.807, 2.05) is 0 Å². The molecule has 0 N–H and O–H groups in total. The number of benzene rings is 1. The number of nitro benzene ring substituents is 1. The zero-order valence-corrected chi connectivity index (χ0v) is 18.3. The summed E-state index contributed by atoms with van der Waals surface area (Å²) in [6.07, 6.45) is -3.78. The van der Waals surface area contributed by atoms with Gasteiger partial charge in [-0.2, -0.15) is 22.5 Å². The van der Waals surface area contributed by atoms with Crippen LogP contribution in [-0.4, -0.2) is 54.0 Å². The molecule has 0 atom stereocenters. The molecule has 16 heteroatoms. The van der Waals surface area contributed by atoms with Crippen LogP contribution >= 0.6 is 11.3 Å². The second-order valence-electron chi connectivity index (χ2n) is 7.07. The van der Waals surface area contributed by atoms with Crippen LogP contribution in [0.4, 0.5) is 24.0 Å². The molecule has 1 saturated heterocycles. The third kappa shape index (κ3) is 4.16. The Morgan fingerprint density at radius 1 is 1.21 bits per heavy atom. The fourth-order valence-electron chi connectivity index (χ4n) is 3.37. The Morgan fingerprint density at radius 3 is 2.42 bits per heavy atom. The van der Waals surface area contributed by atoms with Crippen molar-refractivity contribution in [2.24, 2.45) is 0 Å². The van der Waals surface area contributed by atoms with E-state index in [0.717, 1.165) is 6.20 Å². The molecule has 0 unspecified atom stereocenters. The van der Waals surface area contributed by atoms with Gasteiger partial charge in [0.2, 0.25) is 10.0 Å². The Morgan fingerprint density at radius 2 is 1.88 bits per heavy atom. The number of halogens is 3. The minimum Gasteiger partial charge on any atom is -0.360 e. The summed E-state index contributed by atoms with van der Waals surface area (Å²) in [5.74, 6) is 0.136. The predicted molar refractivity (Wildman–Crippen MR) is 110 cm³/mol. The number of anilines is 1. The molecule has 0 aliphatic carbocycles. The number of hydrogen-bond donors (Lipinski definition) is 0. The Labute approximate surface area is 187 Å². The van der Waals surface area contributed by atoms with Crippen molar-refractivity contribution < 1.29 is 31.0 Å². The van der Waals surface area contributed by atoms with Gasteiger partial charge in [-0.25, -0.2) is 8.42 Å². The van der Waals surface area contributed by atoms with Crippen LogP contribution in [0.25, 0.3) is 10.1 Å². The molecule has 1 aliphatic heterocycles. The first-order chi connectivity index (χ1) is 15.4. The number of piperazine rings is 1. The number of sulfonamides is 1. The van der Waals surface area contributed by atoms with Crippen LogP contribution in [0.1, 0.15) is 11.3 Å². The van der Waals surface area contributed by atoms with Gasteiger partial charge in [0.05, 0.1) is 22.1 Å². The molecule has 0 spiro atoms. The van der Waals surface area contributed by atoms with Crippen LogP contribution in [-0.2, 0) is 16.2 Å². The number of alkyl halides is 3. The first kappa shape index (κ1) is 23.1. The van der Waals surface area contributed by atoms with E-state index in [-0.39, 0.29) is 46.7 Å². The lowest BCUT2D eigenvalue weighted by Gasteiger charge is -2.33. The van der Waals surface area contributed by atoms with E-state index in [0.29, 0.717) is 23.5 Å². The van der Waals surface area contributed by atoms with Crippen molar-refractivity contribution in [1.82, 2.24) is 14.4 Å². The molecule has 1 aliphatic rings. The minimum atomic E-state index is -4.88. The van der Waals surface area contributed by atoms with E-state index in [4.69, 9.17) is 4.52 Å². The maximum absolute atomic E-state index is 13.1. The Kier molecular flexibility index (Phi) is 5.61. The van der Waals surface area contributed by atoms with Crippen molar-refractivity contribution in [3.8, 4) is 0 Å². The van der Waals surface area contributed by atoms with Crippen molar-refractivity contribution in [2.45, 2.75) is 18.0 Å². The van der Waals surface area contributed by atoms with Gasteiger partial charge in [-0.05, 0) is 13.0 Å². The number of aromatic nitrogens is 2. The maximum atomic E-state index is 13.1. The van der Waals surface area contributed by atoms with Crippen LogP contribution in [0.3, 0.4) is 0 Å². The fourth-order valence-corrected chi connectivity index (χ4v) is 5.99. The zero-order chi connectivity index (χ0) is 24.1. The van der Waals surface area contributed by atoms with E-state index in [9.17, 15) is 36.5 Å². The van der Waals surface area contributed by atoms with E-state index >= 15 is 0 Å². The molecule has 0 radical (unpaired) electrons. The molecular formula is C17H14F3N5O6S2. The smallest absolute Gasteiger partial charge is 0.360 e. The molecule has 1 aromatic carbocycles. The van der Waals surface area contributed by atoms with Crippen LogP contribution in [0.15, 0.2) is 32.5 Å². The number of nitrogens with zero attached hydrogens (tertiary/aromatic N) is 5. The lowest BCUT2D eigenvalue weighted by Crippen LogP contribution is -2.49. The lowest BCUT2D eigenvalue weighted by atomic mass is 10.1. The molecule has 2 aromatic heterocycles. The van der Waals surface area contributed by atoms with Gasteiger partial charge >= 0.3 is 6.18 Å². The molecule has 176 valence electrons. The summed E-state index contributed by atoms with van der Waals surface area (Å²) in [6.45, 7) is 1.70. The van der Waals surface area contributed by atoms with E-state index in [1.54, 1.807) is 4.90 Å². The van der Waals surface area contributed by atoms with Gasteiger partial charge in [0, 0.05) is 32.2 Å². The van der Waals surface area contributed by atoms with Gasteiger partial charge in [0.25, 0.3) is 11.2 Å². The van der Waals surface area contributed by atoms with E-state index in [1.165, 1.54) is 11.2 Å². The maximum Gasteiger partial charge on any atom is 0.416 e. The summed E-state index contributed by atoms with van der Waals surface area (Å²) in [5.41, 5.74) is -3.21. The highest BCUT2D eigenvalue weighted by Crippen LogP contribution is 2.38. The van der Waals surface area contributed by atoms with Crippen LogP contribution < -0.4 is 10.5 Å². The monoisotopic (exact) mass is 505 g/mol. The quantitative estimate of drug-likeness (QED) is 0.386. The third-order valence-electron chi connectivity index (χ3n) is 5.05. The van der Waals surface area contributed by atoms with Gasteiger partial charge in [0.15, 0.2) is 10.9 Å².